The topological polar surface area (TPSA) is 43.8 Å². The summed E-state index contributed by atoms with van der Waals surface area (Å²) in [5.41, 5.74) is 10.0. The number of nitrogens with two attached hydrogens (primary N) is 1. The van der Waals surface area contributed by atoms with Crippen molar-refractivity contribution in [3.8, 4) is 11.3 Å². The summed E-state index contributed by atoms with van der Waals surface area (Å²) in [7, 11) is 1.84. The van der Waals surface area contributed by atoms with Gasteiger partial charge in [0.2, 0.25) is 0 Å². The van der Waals surface area contributed by atoms with Gasteiger partial charge in [0.15, 0.2) is 0 Å². The summed E-state index contributed by atoms with van der Waals surface area (Å²) in [6, 6.07) is 5.78. The van der Waals surface area contributed by atoms with Crippen LogP contribution in [0.4, 0.5) is 5.82 Å². The number of hydrogen-bond acceptors (Lipinski definition) is 2. The summed E-state index contributed by atoms with van der Waals surface area (Å²) >= 11 is 5.93. The van der Waals surface area contributed by atoms with Crippen LogP contribution in [-0.4, -0.2) is 9.78 Å². The highest BCUT2D eigenvalue weighted by Crippen LogP contribution is 2.29. The molecule has 0 fully saturated rings. The molecule has 0 saturated heterocycles. The van der Waals surface area contributed by atoms with E-state index in [1.807, 2.05) is 39.1 Å². The van der Waals surface area contributed by atoms with E-state index >= 15 is 0 Å². The fourth-order valence-electron chi connectivity index (χ4n) is 1.79. The molecule has 0 spiro atoms. The third-order valence-corrected chi connectivity index (χ3v) is 3.02. The summed E-state index contributed by atoms with van der Waals surface area (Å²) < 4.78 is 1.69. The monoisotopic (exact) mass is 235 g/mol. The van der Waals surface area contributed by atoms with Crippen LogP contribution < -0.4 is 5.73 Å². The Hall–Kier alpha value is -1.48. The van der Waals surface area contributed by atoms with E-state index < -0.39 is 0 Å². The molecule has 0 amide bonds. The zero-order valence-corrected chi connectivity index (χ0v) is 10.3. The maximum absolute atomic E-state index is 5.93. The van der Waals surface area contributed by atoms with Gasteiger partial charge < -0.3 is 5.73 Å². The van der Waals surface area contributed by atoms with E-state index in [0.29, 0.717) is 5.82 Å². The van der Waals surface area contributed by atoms with E-state index in [4.69, 9.17) is 17.3 Å². The van der Waals surface area contributed by atoms with Crippen molar-refractivity contribution in [1.82, 2.24) is 9.78 Å². The lowest BCUT2D eigenvalue weighted by molar-refractivity contribution is 0.782. The average molecular weight is 236 g/mol. The molecule has 0 atom stereocenters. The van der Waals surface area contributed by atoms with Gasteiger partial charge in [-0.25, -0.2) is 0 Å². The first-order valence-corrected chi connectivity index (χ1v) is 5.44. The Morgan fingerprint density at radius 2 is 2.00 bits per heavy atom. The Morgan fingerprint density at radius 1 is 1.31 bits per heavy atom. The molecule has 0 aliphatic carbocycles. The van der Waals surface area contributed by atoms with Crippen molar-refractivity contribution in [3.05, 3.63) is 34.3 Å². The smallest absolute Gasteiger partial charge is 0.124 e. The van der Waals surface area contributed by atoms with Gasteiger partial charge in [-0.15, -0.1) is 0 Å². The summed E-state index contributed by atoms with van der Waals surface area (Å²) in [5, 5.41) is 5.16. The van der Waals surface area contributed by atoms with Gasteiger partial charge in [-0.2, -0.15) is 5.10 Å². The number of aromatic nitrogens is 2. The number of hydrogen-bond donors (Lipinski definition) is 1. The second kappa shape index (κ2) is 3.83. The lowest BCUT2D eigenvalue weighted by Crippen LogP contribution is -1.97. The summed E-state index contributed by atoms with van der Waals surface area (Å²) in [4.78, 5) is 0. The fraction of sp³-hybridized carbons (Fsp3) is 0.250. The first-order chi connectivity index (χ1) is 7.50. The predicted molar refractivity (Wildman–Crippen MR) is 67.5 cm³/mol. The molecule has 0 unspecified atom stereocenters. The van der Waals surface area contributed by atoms with E-state index in [1.54, 1.807) is 4.68 Å². The summed E-state index contributed by atoms with van der Waals surface area (Å²) in [6.07, 6.45) is 0. The molecule has 4 heteroatoms. The molecule has 0 bridgehead atoms. The van der Waals surface area contributed by atoms with E-state index in [2.05, 4.69) is 5.10 Å². The molecule has 1 aromatic carbocycles. The van der Waals surface area contributed by atoms with Crippen LogP contribution in [0.25, 0.3) is 11.3 Å². The maximum Gasteiger partial charge on any atom is 0.124 e. The molecule has 0 saturated carbocycles. The van der Waals surface area contributed by atoms with Crippen LogP contribution in [0, 0.1) is 13.8 Å². The molecule has 2 aromatic rings. The molecule has 0 aliphatic rings. The standard InChI is InChI=1S/C12H14ClN3/c1-7-6-9(13)4-5-10(7)11-8(2)12(14)16(3)15-11/h4-6H,14H2,1-3H3. The highest BCUT2D eigenvalue weighted by Gasteiger charge is 2.13. The van der Waals surface area contributed by atoms with Crippen molar-refractivity contribution < 1.29 is 0 Å². The Morgan fingerprint density at radius 3 is 2.50 bits per heavy atom. The first-order valence-electron chi connectivity index (χ1n) is 5.06. The van der Waals surface area contributed by atoms with E-state index in [1.165, 1.54) is 0 Å². The minimum atomic E-state index is 0.698. The molecule has 3 nitrogen and oxygen atoms in total. The second-order valence-electron chi connectivity index (χ2n) is 3.94. The van der Waals surface area contributed by atoms with Gasteiger partial charge in [0, 0.05) is 23.2 Å². The first kappa shape index (κ1) is 11.0. The summed E-state index contributed by atoms with van der Waals surface area (Å²) in [5.74, 6) is 0.698. The Bertz CT molecular complexity index is 543. The van der Waals surface area contributed by atoms with Crippen LogP contribution in [0.3, 0.4) is 0 Å². The minimum Gasteiger partial charge on any atom is -0.384 e. The number of halogens is 1. The van der Waals surface area contributed by atoms with Gasteiger partial charge >= 0.3 is 0 Å². The number of nitrogens with zero attached hydrogens (tertiary/aromatic N) is 2. The lowest BCUT2D eigenvalue weighted by atomic mass is 10.0. The molecule has 16 heavy (non-hydrogen) atoms. The molecule has 84 valence electrons. The van der Waals surface area contributed by atoms with Gasteiger partial charge in [-0.1, -0.05) is 17.7 Å². The van der Waals surface area contributed by atoms with Gasteiger partial charge in [-0.3, -0.25) is 4.68 Å². The minimum absolute atomic E-state index is 0.698. The average Bonchev–Trinajstić information content (AvgIpc) is 2.46. The molecule has 1 heterocycles. The second-order valence-corrected chi connectivity index (χ2v) is 4.38. The normalized spacial score (nSPS) is 10.8. The Labute approximate surface area is 99.8 Å². The van der Waals surface area contributed by atoms with E-state index in [-0.39, 0.29) is 0 Å². The van der Waals surface area contributed by atoms with Crippen LogP contribution in [0.15, 0.2) is 18.2 Å². The molecule has 2 N–H and O–H groups in total. The van der Waals surface area contributed by atoms with Crippen LogP contribution in [0.1, 0.15) is 11.1 Å². The van der Waals surface area contributed by atoms with Crippen molar-refractivity contribution in [2.75, 3.05) is 5.73 Å². The number of benzene rings is 1. The molecule has 0 radical (unpaired) electrons. The van der Waals surface area contributed by atoms with Gasteiger partial charge in [0.1, 0.15) is 5.82 Å². The van der Waals surface area contributed by atoms with Crippen molar-refractivity contribution in [2.45, 2.75) is 13.8 Å². The van der Waals surface area contributed by atoms with Gasteiger partial charge in [0.05, 0.1) is 5.69 Å². The quantitative estimate of drug-likeness (QED) is 0.826. The molecular formula is C12H14ClN3. The highest BCUT2D eigenvalue weighted by molar-refractivity contribution is 6.30. The van der Waals surface area contributed by atoms with Crippen LogP contribution in [0.2, 0.25) is 5.02 Å². The van der Waals surface area contributed by atoms with E-state index in [0.717, 1.165) is 27.4 Å². The highest BCUT2D eigenvalue weighted by atomic mass is 35.5. The lowest BCUT2D eigenvalue weighted by Gasteiger charge is -2.04. The van der Waals surface area contributed by atoms with Gasteiger partial charge in [-0.05, 0) is 31.5 Å². The Balaban J connectivity index is 2.63. The predicted octanol–water partition coefficient (Wildman–Crippen LogP) is 2.94. The number of nitrogen functional groups attached to an aromatic ring is 1. The van der Waals surface area contributed by atoms with Gasteiger partial charge in [0.25, 0.3) is 0 Å². The largest absolute Gasteiger partial charge is 0.384 e. The Kier molecular flexibility index (Phi) is 2.64. The SMILES string of the molecule is Cc1cc(Cl)ccc1-c1nn(C)c(N)c1C. The van der Waals surface area contributed by atoms with Crippen molar-refractivity contribution in [3.63, 3.8) is 0 Å². The third kappa shape index (κ3) is 1.67. The maximum atomic E-state index is 5.93. The molecular weight excluding hydrogens is 222 g/mol. The van der Waals surface area contributed by atoms with Crippen molar-refractivity contribution in [2.24, 2.45) is 7.05 Å². The van der Waals surface area contributed by atoms with Crippen LogP contribution in [0.5, 0.6) is 0 Å². The molecule has 1 aromatic heterocycles. The molecule has 0 aliphatic heterocycles. The van der Waals surface area contributed by atoms with Crippen LogP contribution >= 0.6 is 11.6 Å². The third-order valence-electron chi connectivity index (χ3n) is 2.78. The zero-order valence-electron chi connectivity index (χ0n) is 9.58. The van der Waals surface area contributed by atoms with Crippen molar-refractivity contribution in [1.29, 1.82) is 0 Å². The number of anilines is 1. The molecule has 2 rings (SSSR count). The fourth-order valence-corrected chi connectivity index (χ4v) is 2.02. The van der Waals surface area contributed by atoms with Crippen molar-refractivity contribution >= 4 is 17.4 Å². The summed E-state index contributed by atoms with van der Waals surface area (Å²) in [6.45, 7) is 4.00. The van der Waals surface area contributed by atoms with E-state index in [9.17, 15) is 0 Å². The number of rotatable bonds is 1. The number of aryl methyl sites for hydroxylation is 2. The van der Waals surface area contributed by atoms with Crippen LogP contribution in [-0.2, 0) is 7.05 Å². The zero-order chi connectivity index (χ0) is 11.9.